The minimum Gasteiger partial charge on any atom is -0.390 e. The van der Waals surface area contributed by atoms with E-state index in [0.29, 0.717) is 11.8 Å². The number of hydrogen-bond donors (Lipinski definition) is 1. The lowest BCUT2D eigenvalue weighted by molar-refractivity contribution is -0.384. The third-order valence-corrected chi connectivity index (χ3v) is 5.72. The van der Waals surface area contributed by atoms with Gasteiger partial charge in [0.25, 0.3) is 5.69 Å². The Balaban J connectivity index is 1.72. The van der Waals surface area contributed by atoms with Crippen molar-refractivity contribution in [3.8, 4) is 0 Å². The lowest BCUT2D eigenvalue weighted by Gasteiger charge is -2.60. The summed E-state index contributed by atoms with van der Waals surface area (Å²) in [6.07, 6.45) is 6.30. The van der Waals surface area contributed by atoms with Crippen molar-refractivity contribution in [1.82, 2.24) is 0 Å². The average molecular weight is 273 g/mol. The molecular weight excluding hydrogens is 254 g/mol. The van der Waals surface area contributed by atoms with E-state index in [9.17, 15) is 15.2 Å². The second-order valence-electron chi connectivity index (χ2n) is 7.27. The van der Waals surface area contributed by atoms with Crippen molar-refractivity contribution < 1.29 is 10.0 Å². The van der Waals surface area contributed by atoms with Crippen molar-refractivity contribution >= 4 is 5.69 Å². The van der Waals surface area contributed by atoms with E-state index < -0.39 is 5.60 Å². The van der Waals surface area contributed by atoms with Crippen LogP contribution in [0.3, 0.4) is 0 Å². The van der Waals surface area contributed by atoms with Crippen molar-refractivity contribution in [1.29, 1.82) is 0 Å². The summed E-state index contributed by atoms with van der Waals surface area (Å²) in [6.45, 7) is 0. The summed E-state index contributed by atoms with van der Waals surface area (Å²) in [5.74, 6) is 1.27. The van der Waals surface area contributed by atoms with Crippen molar-refractivity contribution in [2.45, 2.75) is 49.5 Å². The molecule has 0 spiro atoms. The van der Waals surface area contributed by atoms with Gasteiger partial charge in [0.1, 0.15) is 0 Å². The molecule has 0 radical (unpaired) electrons. The first-order valence-corrected chi connectivity index (χ1v) is 7.45. The summed E-state index contributed by atoms with van der Waals surface area (Å²) < 4.78 is 0. The van der Waals surface area contributed by atoms with Crippen LogP contribution in [0.2, 0.25) is 0 Å². The van der Waals surface area contributed by atoms with Crippen molar-refractivity contribution in [3.05, 3.63) is 39.9 Å². The van der Waals surface area contributed by atoms with Crippen molar-refractivity contribution in [2.75, 3.05) is 0 Å². The summed E-state index contributed by atoms with van der Waals surface area (Å²) in [6, 6.07) is 7.04. The molecule has 2 unspecified atom stereocenters. The van der Waals surface area contributed by atoms with Gasteiger partial charge in [0.15, 0.2) is 0 Å². The number of non-ortho nitro benzene ring substituents is 1. The molecule has 0 heterocycles. The molecule has 1 aromatic rings. The van der Waals surface area contributed by atoms with Gasteiger partial charge in [-0.3, -0.25) is 10.1 Å². The normalized spacial score (nSPS) is 41.9. The van der Waals surface area contributed by atoms with Gasteiger partial charge in [0.05, 0.1) is 10.5 Å². The Labute approximate surface area is 118 Å². The Morgan fingerprint density at radius 2 is 1.70 bits per heavy atom. The highest BCUT2D eigenvalue weighted by Crippen LogP contribution is 2.62. The van der Waals surface area contributed by atoms with Gasteiger partial charge in [0.2, 0.25) is 0 Å². The monoisotopic (exact) mass is 273 g/mol. The molecule has 4 fully saturated rings. The van der Waals surface area contributed by atoms with E-state index in [-0.39, 0.29) is 16.0 Å². The molecule has 2 atom stereocenters. The van der Waals surface area contributed by atoms with Gasteiger partial charge in [-0.2, -0.15) is 0 Å². The highest BCUT2D eigenvalue weighted by molar-refractivity contribution is 5.38. The number of hydrogen-bond acceptors (Lipinski definition) is 3. The molecule has 1 N–H and O–H groups in total. The van der Waals surface area contributed by atoms with E-state index in [1.165, 1.54) is 12.0 Å². The first-order valence-electron chi connectivity index (χ1n) is 7.45. The highest BCUT2D eigenvalue weighted by Gasteiger charge is 2.57. The van der Waals surface area contributed by atoms with Crippen LogP contribution in [0.4, 0.5) is 5.69 Å². The predicted molar refractivity (Wildman–Crippen MR) is 74.4 cm³/mol. The van der Waals surface area contributed by atoms with Crippen molar-refractivity contribution in [2.24, 2.45) is 11.8 Å². The molecule has 4 nitrogen and oxygen atoms in total. The molecule has 0 saturated heterocycles. The van der Waals surface area contributed by atoms with Crippen LogP contribution in [0.15, 0.2) is 24.3 Å². The fourth-order valence-electron chi connectivity index (χ4n) is 5.49. The lowest BCUT2D eigenvalue weighted by atomic mass is 9.46. The topological polar surface area (TPSA) is 63.4 Å². The largest absolute Gasteiger partial charge is 0.390 e. The van der Waals surface area contributed by atoms with E-state index in [1.807, 2.05) is 12.1 Å². The molecule has 4 aliphatic rings. The first-order chi connectivity index (χ1) is 9.48. The van der Waals surface area contributed by atoms with Crippen LogP contribution >= 0.6 is 0 Å². The van der Waals surface area contributed by atoms with E-state index in [1.54, 1.807) is 12.1 Å². The second kappa shape index (κ2) is 3.82. The minimum atomic E-state index is -0.480. The lowest BCUT2D eigenvalue weighted by Crippen LogP contribution is -2.57. The number of nitro benzene ring substituents is 1. The first kappa shape index (κ1) is 12.3. The Morgan fingerprint density at radius 1 is 1.10 bits per heavy atom. The molecule has 0 amide bonds. The maximum atomic E-state index is 10.8. The smallest absolute Gasteiger partial charge is 0.269 e. The molecule has 4 aliphatic carbocycles. The summed E-state index contributed by atoms with van der Waals surface area (Å²) in [5.41, 5.74) is 0.924. The Bertz CT molecular complexity index is 552. The number of benzene rings is 1. The molecule has 0 aromatic heterocycles. The fourth-order valence-corrected chi connectivity index (χ4v) is 5.49. The maximum Gasteiger partial charge on any atom is 0.269 e. The molecule has 4 bridgehead atoms. The molecule has 1 aromatic carbocycles. The van der Waals surface area contributed by atoms with Crippen LogP contribution in [0, 0.1) is 22.0 Å². The average Bonchev–Trinajstić information content (AvgIpc) is 2.36. The fraction of sp³-hybridized carbons (Fsp3) is 0.625. The number of rotatable bonds is 2. The zero-order valence-electron chi connectivity index (χ0n) is 11.4. The van der Waals surface area contributed by atoms with Gasteiger partial charge >= 0.3 is 0 Å². The van der Waals surface area contributed by atoms with Gasteiger partial charge in [-0.1, -0.05) is 12.1 Å². The molecule has 0 aliphatic heterocycles. The molecule has 106 valence electrons. The van der Waals surface area contributed by atoms with Gasteiger partial charge in [-0.05, 0) is 61.3 Å². The second-order valence-corrected chi connectivity index (χ2v) is 7.27. The van der Waals surface area contributed by atoms with Crippen molar-refractivity contribution in [3.63, 3.8) is 0 Å². The Kier molecular flexibility index (Phi) is 2.35. The van der Waals surface area contributed by atoms with Gasteiger partial charge in [0, 0.05) is 12.1 Å². The Hall–Kier alpha value is -1.42. The van der Waals surface area contributed by atoms with Crippen LogP contribution in [0.25, 0.3) is 0 Å². The summed E-state index contributed by atoms with van der Waals surface area (Å²) in [4.78, 5) is 10.4. The van der Waals surface area contributed by atoms with E-state index in [4.69, 9.17) is 0 Å². The van der Waals surface area contributed by atoms with E-state index >= 15 is 0 Å². The number of nitrogens with zero attached hydrogens (tertiary/aromatic N) is 1. The zero-order chi connectivity index (χ0) is 14.0. The number of nitro groups is 1. The Morgan fingerprint density at radius 3 is 2.20 bits per heavy atom. The summed E-state index contributed by atoms with van der Waals surface area (Å²) in [5, 5.41) is 21.5. The zero-order valence-corrected chi connectivity index (χ0v) is 11.4. The molecule has 5 rings (SSSR count). The SMILES string of the molecule is O=[N+]([O-])c1ccc(C23CC4CC(CC(O)(C4)C2)C3)cc1. The molecule has 4 saturated carbocycles. The quantitative estimate of drug-likeness (QED) is 0.665. The third-order valence-electron chi connectivity index (χ3n) is 5.72. The van der Waals surface area contributed by atoms with Gasteiger partial charge < -0.3 is 5.11 Å². The van der Waals surface area contributed by atoms with Gasteiger partial charge in [-0.15, -0.1) is 0 Å². The third kappa shape index (κ3) is 1.71. The highest BCUT2D eigenvalue weighted by atomic mass is 16.6. The molecule has 20 heavy (non-hydrogen) atoms. The van der Waals surface area contributed by atoms with Gasteiger partial charge in [-0.25, -0.2) is 0 Å². The van der Waals surface area contributed by atoms with E-state index in [2.05, 4.69) is 0 Å². The number of aliphatic hydroxyl groups is 1. The predicted octanol–water partition coefficient (Wildman–Crippen LogP) is 3.18. The standard InChI is InChI=1S/C16H19NO3/c18-16-8-11-5-12(9-16)7-15(6-11,10-16)13-1-3-14(4-2-13)17(19)20/h1-4,11-12,18H,5-10H2. The van der Waals surface area contributed by atoms with Crippen LogP contribution in [-0.2, 0) is 5.41 Å². The van der Waals surface area contributed by atoms with Crippen LogP contribution in [0.1, 0.15) is 44.1 Å². The maximum absolute atomic E-state index is 10.8. The summed E-state index contributed by atoms with van der Waals surface area (Å²) >= 11 is 0. The van der Waals surface area contributed by atoms with E-state index in [0.717, 1.165) is 32.1 Å². The minimum absolute atomic E-state index is 0.0635. The van der Waals surface area contributed by atoms with Crippen LogP contribution < -0.4 is 0 Å². The molecule has 4 heteroatoms. The van der Waals surface area contributed by atoms with Crippen LogP contribution in [0.5, 0.6) is 0 Å². The molecular formula is C16H19NO3. The summed E-state index contributed by atoms with van der Waals surface area (Å²) in [7, 11) is 0. The van der Waals surface area contributed by atoms with Crippen LogP contribution in [-0.4, -0.2) is 15.6 Å².